The fraction of sp³-hybridized carbons (Fsp3) is 0.125. The first-order valence-electron chi connectivity index (χ1n) is 6.71. The molecule has 106 valence electrons. The first-order valence-corrected chi connectivity index (χ1v) is 6.71. The van der Waals surface area contributed by atoms with Crippen LogP contribution in [0.25, 0.3) is 5.69 Å². The van der Waals surface area contributed by atoms with E-state index in [4.69, 9.17) is 0 Å². The van der Waals surface area contributed by atoms with E-state index in [0.29, 0.717) is 5.56 Å². The SMILES string of the molecule is Cc1n[nH]c(C)c1NC(=O)c1cccc(-n2cccc2)c1. The van der Waals surface area contributed by atoms with E-state index in [9.17, 15) is 4.79 Å². The van der Waals surface area contributed by atoms with Gasteiger partial charge in [0.2, 0.25) is 0 Å². The summed E-state index contributed by atoms with van der Waals surface area (Å²) >= 11 is 0. The van der Waals surface area contributed by atoms with E-state index in [0.717, 1.165) is 22.8 Å². The maximum absolute atomic E-state index is 12.4. The lowest BCUT2D eigenvalue weighted by Crippen LogP contribution is -2.13. The van der Waals surface area contributed by atoms with Crippen LogP contribution >= 0.6 is 0 Å². The number of benzene rings is 1. The topological polar surface area (TPSA) is 62.7 Å². The normalized spacial score (nSPS) is 10.6. The van der Waals surface area contributed by atoms with Gasteiger partial charge in [-0.25, -0.2) is 0 Å². The van der Waals surface area contributed by atoms with Crippen molar-refractivity contribution in [1.82, 2.24) is 14.8 Å². The van der Waals surface area contributed by atoms with E-state index in [2.05, 4.69) is 15.5 Å². The van der Waals surface area contributed by atoms with Gasteiger partial charge in [0.15, 0.2) is 0 Å². The summed E-state index contributed by atoms with van der Waals surface area (Å²) in [7, 11) is 0. The van der Waals surface area contributed by atoms with Crippen LogP contribution in [0.3, 0.4) is 0 Å². The summed E-state index contributed by atoms with van der Waals surface area (Å²) in [6, 6.07) is 11.4. The monoisotopic (exact) mass is 280 g/mol. The van der Waals surface area contributed by atoms with Gasteiger partial charge in [0.25, 0.3) is 5.91 Å². The van der Waals surface area contributed by atoms with Gasteiger partial charge in [-0.05, 0) is 44.2 Å². The summed E-state index contributed by atoms with van der Waals surface area (Å²) in [4.78, 5) is 12.4. The minimum absolute atomic E-state index is 0.142. The van der Waals surface area contributed by atoms with E-state index in [1.807, 2.05) is 61.1 Å². The number of amides is 1. The third-order valence-corrected chi connectivity index (χ3v) is 3.38. The lowest BCUT2D eigenvalue weighted by molar-refractivity contribution is 0.102. The average Bonchev–Trinajstić information content (AvgIpc) is 3.13. The van der Waals surface area contributed by atoms with Crippen molar-refractivity contribution in [3.63, 3.8) is 0 Å². The minimum Gasteiger partial charge on any atom is -0.324 e. The minimum atomic E-state index is -0.142. The molecule has 2 N–H and O–H groups in total. The van der Waals surface area contributed by atoms with Gasteiger partial charge < -0.3 is 9.88 Å². The highest BCUT2D eigenvalue weighted by molar-refractivity contribution is 6.05. The van der Waals surface area contributed by atoms with Crippen molar-refractivity contribution in [2.24, 2.45) is 0 Å². The van der Waals surface area contributed by atoms with Crippen molar-refractivity contribution < 1.29 is 4.79 Å². The van der Waals surface area contributed by atoms with Gasteiger partial charge in [-0.15, -0.1) is 0 Å². The largest absolute Gasteiger partial charge is 0.324 e. The van der Waals surface area contributed by atoms with Crippen LogP contribution in [0.1, 0.15) is 21.7 Å². The molecule has 0 aliphatic rings. The molecule has 0 aliphatic heterocycles. The van der Waals surface area contributed by atoms with Crippen molar-refractivity contribution in [1.29, 1.82) is 0 Å². The molecule has 0 atom stereocenters. The molecule has 5 nitrogen and oxygen atoms in total. The number of carbonyl (C=O) groups excluding carboxylic acids is 1. The summed E-state index contributed by atoms with van der Waals surface area (Å²) < 4.78 is 1.96. The number of hydrogen-bond donors (Lipinski definition) is 2. The smallest absolute Gasteiger partial charge is 0.255 e. The van der Waals surface area contributed by atoms with E-state index >= 15 is 0 Å². The molecule has 2 aromatic heterocycles. The van der Waals surface area contributed by atoms with E-state index in [1.165, 1.54) is 0 Å². The van der Waals surface area contributed by atoms with Crippen LogP contribution in [0, 0.1) is 13.8 Å². The summed E-state index contributed by atoms with van der Waals surface area (Å²) in [6.45, 7) is 3.74. The van der Waals surface area contributed by atoms with E-state index < -0.39 is 0 Å². The predicted molar refractivity (Wildman–Crippen MR) is 81.8 cm³/mol. The molecule has 0 bridgehead atoms. The molecule has 3 rings (SSSR count). The molecule has 2 heterocycles. The van der Waals surface area contributed by atoms with E-state index in [1.54, 1.807) is 6.07 Å². The van der Waals surface area contributed by atoms with Crippen LogP contribution in [0.2, 0.25) is 0 Å². The van der Waals surface area contributed by atoms with Crippen molar-refractivity contribution >= 4 is 11.6 Å². The zero-order chi connectivity index (χ0) is 14.8. The highest BCUT2D eigenvalue weighted by atomic mass is 16.1. The molecule has 0 spiro atoms. The molecule has 3 aromatic rings. The molecule has 1 aromatic carbocycles. The Morgan fingerprint density at radius 2 is 1.95 bits per heavy atom. The number of carbonyl (C=O) groups is 1. The molecule has 1 amide bonds. The third-order valence-electron chi connectivity index (χ3n) is 3.38. The molecule has 5 heteroatoms. The Morgan fingerprint density at radius 1 is 1.19 bits per heavy atom. The Hall–Kier alpha value is -2.82. The number of aryl methyl sites for hydroxylation is 2. The van der Waals surface area contributed by atoms with Crippen molar-refractivity contribution in [3.8, 4) is 5.69 Å². The summed E-state index contributed by atoms with van der Waals surface area (Å²) in [5, 5.41) is 9.84. The van der Waals surface area contributed by atoms with Gasteiger partial charge in [0.05, 0.1) is 17.1 Å². The highest BCUT2D eigenvalue weighted by Crippen LogP contribution is 2.18. The molecule has 0 saturated carbocycles. The number of nitrogens with zero attached hydrogens (tertiary/aromatic N) is 2. The van der Waals surface area contributed by atoms with Crippen LogP contribution in [-0.4, -0.2) is 20.7 Å². The Labute approximate surface area is 122 Å². The van der Waals surface area contributed by atoms with Crippen LogP contribution < -0.4 is 5.32 Å². The Balaban J connectivity index is 1.87. The maximum atomic E-state index is 12.4. The first kappa shape index (κ1) is 13.2. The molecule has 0 saturated heterocycles. The van der Waals surface area contributed by atoms with Crippen molar-refractivity contribution in [2.45, 2.75) is 13.8 Å². The lowest BCUT2D eigenvalue weighted by Gasteiger charge is -2.08. The fourth-order valence-corrected chi connectivity index (χ4v) is 2.24. The second-order valence-electron chi connectivity index (χ2n) is 4.90. The Morgan fingerprint density at radius 3 is 2.62 bits per heavy atom. The quantitative estimate of drug-likeness (QED) is 0.774. The van der Waals surface area contributed by atoms with Crippen LogP contribution in [0.5, 0.6) is 0 Å². The van der Waals surface area contributed by atoms with Gasteiger partial charge in [-0.2, -0.15) is 5.10 Å². The number of nitrogens with one attached hydrogen (secondary N) is 2. The lowest BCUT2D eigenvalue weighted by atomic mass is 10.1. The average molecular weight is 280 g/mol. The zero-order valence-corrected chi connectivity index (χ0v) is 11.9. The number of aromatic amines is 1. The first-order chi connectivity index (χ1) is 10.1. The van der Waals surface area contributed by atoms with Crippen LogP contribution in [0.15, 0.2) is 48.8 Å². The van der Waals surface area contributed by atoms with Crippen molar-refractivity contribution in [2.75, 3.05) is 5.32 Å². The second-order valence-corrected chi connectivity index (χ2v) is 4.90. The van der Waals surface area contributed by atoms with E-state index in [-0.39, 0.29) is 5.91 Å². The standard InChI is InChI=1S/C16H16N4O/c1-11-15(12(2)19-18-11)17-16(21)13-6-5-7-14(10-13)20-8-3-4-9-20/h3-10H,1-2H3,(H,17,21)(H,18,19). The number of aromatic nitrogens is 3. The number of anilines is 1. The Bertz CT molecular complexity index is 752. The summed E-state index contributed by atoms with van der Waals surface area (Å²) in [6.07, 6.45) is 3.89. The van der Waals surface area contributed by atoms with Gasteiger partial charge in [-0.3, -0.25) is 9.89 Å². The van der Waals surface area contributed by atoms with Gasteiger partial charge in [-0.1, -0.05) is 6.07 Å². The van der Waals surface area contributed by atoms with Crippen molar-refractivity contribution in [3.05, 3.63) is 65.7 Å². The predicted octanol–water partition coefficient (Wildman–Crippen LogP) is 3.07. The summed E-state index contributed by atoms with van der Waals surface area (Å²) in [5.74, 6) is -0.142. The van der Waals surface area contributed by atoms with Crippen LogP contribution in [-0.2, 0) is 0 Å². The molecule has 21 heavy (non-hydrogen) atoms. The Kier molecular flexibility index (Phi) is 3.31. The number of H-pyrrole nitrogens is 1. The van der Waals surface area contributed by atoms with Gasteiger partial charge in [0, 0.05) is 23.6 Å². The fourth-order valence-electron chi connectivity index (χ4n) is 2.24. The molecular formula is C16H16N4O. The number of hydrogen-bond acceptors (Lipinski definition) is 2. The van der Waals surface area contributed by atoms with Gasteiger partial charge >= 0.3 is 0 Å². The third kappa shape index (κ3) is 2.58. The zero-order valence-electron chi connectivity index (χ0n) is 11.9. The van der Waals surface area contributed by atoms with Gasteiger partial charge in [0.1, 0.15) is 0 Å². The maximum Gasteiger partial charge on any atom is 0.255 e. The summed E-state index contributed by atoms with van der Waals surface area (Å²) in [5.41, 5.74) is 3.94. The molecule has 0 radical (unpaired) electrons. The highest BCUT2D eigenvalue weighted by Gasteiger charge is 2.12. The van der Waals surface area contributed by atoms with Crippen LogP contribution in [0.4, 0.5) is 5.69 Å². The molecule has 0 unspecified atom stereocenters. The molecule has 0 fully saturated rings. The molecule has 0 aliphatic carbocycles. The molecular weight excluding hydrogens is 264 g/mol. The number of rotatable bonds is 3. The second kappa shape index (κ2) is 5.28.